The Bertz CT molecular complexity index is 996. The molecule has 2 aromatic carbocycles. The Labute approximate surface area is 184 Å². The van der Waals surface area contributed by atoms with Gasteiger partial charge in [-0.2, -0.15) is 0 Å². The van der Waals surface area contributed by atoms with Gasteiger partial charge in [-0.1, -0.05) is 56.5 Å². The van der Waals surface area contributed by atoms with Gasteiger partial charge in [-0.15, -0.1) is 0 Å². The lowest BCUT2D eigenvalue weighted by atomic mass is 10.0. The fourth-order valence-electron chi connectivity index (χ4n) is 4.16. The van der Waals surface area contributed by atoms with Gasteiger partial charge in [0, 0.05) is 17.8 Å². The van der Waals surface area contributed by atoms with E-state index < -0.39 is 0 Å². The van der Waals surface area contributed by atoms with Gasteiger partial charge in [-0.05, 0) is 67.2 Å². The van der Waals surface area contributed by atoms with Crippen molar-refractivity contribution in [2.75, 3.05) is 18.4 Å². The van der Waals surface area contributed by atoms with E-state index in [0.29, 0.717) is 17.8 Å². The van der Waals surface area contributed by atoms with Crippen LogP contribution in [0.15, 0.2) is 49.6 Å². The highest BCUT2D eigenvalue weighted by Gasteiger charge is 2.29. The van der Waals surface area contributed by atoms with E-state index in [1.54, 1.807) is 18.2 Å². The Morgan fingerprint density at radius 2 is 2.00 bits per heavy atom. The average molecular weight is 418 g/mol. The zero-order chi connectivity index (χ0) is 22.4. The summed E-state index contributed by atoms with van der Waals surface area (Å²) >= 11 is 0. The molecule has 2 aromatic rings. The van der Waals surface area contributed by atoms with Crippen LogP contribution in [0.4, 0.5) is 5.69 Å². The normalized spacial score (nSPS) is 16.0. The quantitative estimate of drug-likeness (QED) is 0.658. The molecule has 2 amide bonds. The number of nitrogens with one attached hydrogen (secondary N) is 2. The fourth-order valence-corrected chi connectivity index (χ4v) is 4.16. The molecule has 1 fully saturated rings. The monoisotopic (exact) mass is 417 g/mol. The summed E-state index contributed by atoms with van der Waals surface area (Å²) in [4.78, 5) is 27.8. The van der Waals surface area contributed by atoms with Crippen LogP contribution in [0.5, 0.6) is 0 Å². The van der Waals surface area contributed by atoms with Crippen molar-refractivity contribution in [3.8, 4) is 0 Å². The van der Waals surface area contributed by atoms with Crippen LogP contribution in [0.25, 0.3) is 12.2 Å². The van der Waals surface area contributed by atoms with Crippen LogP contribution in [0.2, 0.25) is 0 Å². The van der Waals surface area contributed by atoms with E-state index >= 15 is 0 Å². The molecule has 5 nitrogen and oxygen atoms in total. The van der Waals surface area contributed by atoms with Gasteiger partial charge < -0.3 is 10.6 Å². The number of likely N-dealkylation sites (tertiary alicyclic amines) is 1. The highest BCUT2D eigenvalue weighted by molar-refractivity contribution is 5.99. The van der Waals surface area contributed by atoms with Crippen LogP contribution < -0.4 is 10.6 Å². The molecule has 1 aliphatic heterocycles. The number of likely N-dealkylation sites (N-methyl/N-ethyl adjacent to an activating group) is 1. The Morgan fingerprint density at radius 1 is 1.19 bits per heavy atom. The van der Waals surface area contributed by atoms with Crippen molar-refractivity contribution in [1.29, 1.82) is 0 Å². The highest BCUT2D eigenvalue weighted by Crippen LogP contribution is 2.21. The first-order valence-electron chi connectivity index (χ1n) is 10.8. The van der Waals surface area contributed by atoms with Crippen LogP contribution in [-0.4, -0.2) is 35.8 Å². The van der Waals surface area contributed by atoms with E-state index in [2.05, 4.69) is 35.6 Å². The molecule has 162 valence electrons. The number of rotatable bonds is 8. The molecule has 3 rings (SSSR count). The fraction of sp³-hybridized carbons (Fsp3) is 0.308. The van der Waals surface area contributed by atoms with E-state index in [0.717, 1.165) is 48.2 Å². The van der Waals surface area contributed by atoms with Crippen molar-refractivity contribution < 1.29 is 9.59 Å². The van der Waals surface area contributed by atoms with Gasteiger partial charge in [-0.3, -0.25) is 14.5 Å². The minimum Gasteiger partial charge on any atom is -0.348 e. The summed E-state index contributed by atoms with van der Waals surface area (Å²) in [5.41, 5.74) is 4.98. The van der Waals surface area contributed by atoms with Gasteiger partial charge in [0.2, 0.25) is 5.91 Å². The first-order chi connectivity index (χ1) is 15.0. The number of carbonyl (C=O) groups excluding carboxylic acids is 2. The van der Waals surface area contributed by atoms with Crippen molar-refractivity contribution in [2.24, 2.45) is 0 Å². The van der Waals surface area contributed by atoms with Crippen LogP contribution >= 0.6 is 0 Å². The van der Waals surface area contributed by atoms with Gasteiger partial charge in [0.15, 0.2) is 0 Å². The predicted molar refractivity (Wildman–Crippen MR) is 128 cm³/mol. The Balaban J connectivity index is 1.71. The molecule has 1 atom stereocenters. The van der Waals surface area contributed by atoms with E-state index in [1.165, 1.54) is 0 Å². The zero-order valence-electron chi connectivity index (χ0n) is 18.4. The topological polar surface area (TPSA) is 61.4 Å². The molecule has 31 heavy (non-hydrogen) atoms. The van der Waals surface area contributed by atoms with Crippen LogP contribution in [0.3, 0.4) is 0 Å². The maximum atomic E-state index is 12.9. The molecule has 0 aliphatic carbocycles. The number of amides is 2. The Morgan fingerprint density at radius 3 is 2.71 bits per heavy atom. The SMILES string of the molecule is C=Cc1cccc(CNC(=O)c2cc(NC(=O)C3CCCN3CC)ccc2C)c1C=C. The molecule has 0 bridgehead atoms. The molecule has 0 spiro atoms. The summed E-state index contributed by atoms with van der Waals surface area (Å²) in [6, 6.07) is 11.2. The lowest BCUT2D eigenvalue weighted by molar-refractivity contribution is -0.120. The number of hydrogen-bond donors (Lipinski definition) is 2. The third-order valence-corrected chi connectivity index (χ3v) is 5.92. The minimum absolute atomic E-state index is 0.00794. The van der Waals surface area contributed by atoms with Gasteiger partial charge in [-0.25, -0.2) is 0 Å². The molecular formula is C26H31N3O2. The summed E-state index contributed by atoms with van der Waals surface area (Å²) in [7, 11) is 0. The van der Waals surface area contributed by atoms with Crippen molar-refractivity contribution >= 4 is 29.7 Å². The maximum absolute atomic E-state index is 12.9. The van der Waals surface area contributed by atoms with Gasteiger partial charge in [0.05, 0.1) is 6.04 Å². The largest absolute Gasteiger partial charge is 0.348 e. The van der Waals surface area contributed by atoms with Crippen molar-refractivity contribution in [1.82, 2.24) is 10.2 Å². The smallest absolute Gasteiger partial charge is 0.251 e. The third-order valence-electron chi connectivity index (χ3n) is 5.92. The molecule has 5 heteroatoms. The highest BCUT2D eigenvalue weighted by atomic mass is 16.2. The summed E-state index contributed by atoms with van der Waals surface area (Å²) in [6.07, 6.45) is 5.46. The van der Waals surface area contributed by atoms with E-state index in [1.807, 2.05) is 37.3 Å². The van der Waals surface area contributed by atoms with Gasteiger partial charge in [0.1, 0.15) is 0 Å². The number of benzene rings is 2. The summed E-state index contributed by atoms with van der Waals surface area (Å²) in [5, 5.41) is 5.98. The molecule has 1 aliphatic rings. The Kier molecular flexibility index (Phi) is 7.42. The first kappa shape index (κ1) is 22.5. The van der Waals surface area contributed by atoms with Gasteiger partial charge >= 0.3 is 0 Å². The summed E-state index contributed by atoms with van der Waals surface area (Å²) in [6.45, 7) is 13.9. The average Bonchev–Trinajstić information content (AvgIpc) is 3.27. The first-order valence-corrected chi connectivity index (χ1v) is 10.8. The lowest BCUT2D eigenvalue weighted by Gasteiger charge is -2.22. The number of carbonyl (C=O) groups is 2. The third kappa shape index (κ3) is 5.12. The second-order valence-corrected chi connectivity index (χ2v) is 7.82. The molecule has 2 N–H and O–H groups in total. The van der Waals surface area contributed by atoms with Crippen molar-refractivity contribution in [3.63, 3.8) is 0 Å². The molecule has 1 saturated heterocycles. The second kappa shape index (κ2) is 10.2. The van der Waals surface area contributed by atoms with E-state index in [-0.39, 0.29) is 17.9 Å². The van der Waals surface area contributed by atoms with Crippen LogP contribution in [0, 0.1) is 6.92 Å². The van der Waals surface area contributed by atoms with Crippen LogP contribution in [-0.2, 0) is 11.3 Å². The molecule has 1 unspecified atom stereocenters. The summed E-state index contributed by atoms with van der Waals surface area (Å²) in [5.74, 6) is -0.185. The maximum Gasteiger partial charge on any atom is 0.251 e. The second-order valence-electron chi connectivity index (χ2n) is 7.82. The number of nitrogens with zero attached hydrogens (tertiary/aromatic N) is 1. The number of anilines is 1. The molecule has 0 aromatic heterocycles. The Hall–Kier alpha value is -3.18. The standard InChI is InChI=1S/C26H31N3O2/c1-5-19-10-8-11-20(22(19)6-2)17-27-25(30)23-16-21(14-13-18(23)4)28-26(31)24-12-9-15-29(24)7-3/h5-6,8,10-11,13-14,16,24H,1-2,7,9,12,15,17H2,3-4H3,(H,27,30)(H,28,31). The molecular weight excluding hydrogens is 386 g/mol. The molecule has 0 saturated carbocycles. The molecule has 1 heterocycles. The molecule has 0 radical (unpaired) electrons. The lowest BCUT2D eigenvalue weighted by Crippen LogP contribution is -2.39. The minimum atomic E-state index is -0.177. The van der Waals surface area contributed by atoms with Crippen LogP contribution in [0.1, 0.15) is 52.4 Å². The van der Waals surface area contributed by atoms with E-state index in [9.17, 15) is 9.59 Å². The number of hydrogen-bond acceptors (Lipinski definition) is 3. The van der Waals surface area contributed by atoms with E-state index in [4.69, 9.17) is 0 Å². The number of aryl methyl sites for hydroxylation is 1. The van der Waals surface area contributed by atoms with Gasteiger partial charge in [0.25, 0.3) is 5.91 Å². The van der Waals surface area contributed by atoms with Crippen molar-refractivity contribution in [2.45, 2.75) is 39.3 Å². The van der Waals surface area contributed by atoms with Crippen molar-refractivity contribution in [3.05, 3.63) is 77.4 Å². The predicted octanol–water partition coefficient (Wildman–Crippen LogP) is 4.63. The summed E-state index contributed by atoms with van der Waals surface area (Å²) < 4.78 is 0. The zero-order valence-corrected chi connectivity index (χ0v) is 18.4.